The van der Waals surface area contributed by atoms with Crippen LogP contribution in [0.1, 0.15) is 16.8 Å². The predicted octanol–water partition coefficient (Wildman–Crippen LogP) is 4.84. The number of benzene rings is 1. The normalized spacial score (nSPS) is 11.2. The van der Waals surface area contributed by atoms with Crippen LogP contribution in [0.4, 0.5) is 13.2 Å². The van der Waals surface area contributed by atoms with Crippen LogP contribution in [0.25, 0.3) is 6.08 Å². The summed E-state index contributed by atoms with van der Waals surface area (Å²) in [5, 5.41) is 0. The third-order valence-corrected chi connectivity index (χ3v) is 2.69. The molecule has 104 valence electrons. The highest BCUT2D eigenvalue weighted by atomic mass is 19.4. The number of ether oxygens (including phenoxy) is 1. The van der Waals surface area contributed by atoms with Gasteiger partial charge in [-0.25, -0.2) is 0 Å². The minimum absolute atomic E-state index is 0.117. The molecule has 1 heterocycles. The summed E-state index contributed by atoms with van der Waals surface area (Å²) in [6.45, 7) is 5.33. The molecule has 5 heteroatoms. The Labute approximate surface area is 114 Å². The monoisotopic (exact) mass is 279 g/mol. The molecule has 2 aromatic rings. The van der Waals surface area contributed by atoms with Crippen LogP contribution in [0.2, 0.25) is 0 Å². The summed E-state index contributed by atoms with van der Waals surface area (Å²) in [7, 11) is 0. The number of hydrogen-bond acceptors (Lipinski definition) is 2. The van der Waals surface area contributed by atoms with E-state index in [4.69, 9.17) is 4.74 Å². The summed E-state index contributed by atoms with van der Waals surface area (Å²) in [6.07, 6.45) is -1.19. The van der Waals surface area contributed by atoms with E-state index in [0.717, 1.165) is 17.7 Å². The average molecular weight is 279 g/mol. The number of aryl methyl sites for hydroxylation is 1. The number of hydrogen-bond donors (Lipinski definition) is 0. The summed E-state index contributed by atoms with van der Waals surface area (Å²) in [6, 6.07) is 6.40. The molecule has 0 unspecified atom stereocenters. The summed E-state index contributed by atoms with van der Waals surface area (Å²) in [4.78, 5) is 4.10. The SMILES string of the molecule is C=Cc1cnc(C)c(Oc2cccc(C(F)(F)F)c2)c1. The van der Waals surface area contributed by atoms with Gasteiger partial charge < -0.3 is 4.74 Å². The van der Waals surface area contributed by atoms with Crippen molar-refractivity contribution in [2.24, 2.45) is 0 Å². The van der Waals surface area contributed by atoms with Gasteiger partial charge in [0.25, 0.3) is 0 Å². The van der Waals surface area contributed by atoms with Gasteiger partial charge in [-0.05, 0) is 36.8 Å². The second kappa shape index (κ2) is 5.36. The molecule has 0 fully saturated rings. The van der Waals surface area contributed by atoms with E-state index in [0.29, 0.717) is 11.4 Å². The maximum absolute atomic E-state index is 12.6. The Balaban J connectivity index is 2.33. The molecule has 1 aromatic carbocycles. The van der Waals surface area contributed by atoms with Gasteiger partial charge in [-0.3, -0.25) is 4.98 Å². The Morgan fingerprint density at radius 2 is 2.00 bits per heavy atom. The van der Waals surface area contributed by atoms with Crippen molar-refractivity contribution in [3.63, 3.8) is 0 Å². The molecule has 2 nitrogen and oxygen atoms in total. The third kappa shape index (κ3) is 3.17. The fourth-order valence-corrected chi connectivity index (χ4v) is 1.61. The van der Waals surface area contributed by atoms with Crippen LogP contribution in [-0.4, -0.2) is 4.98 Å². The lowest BCUT2D eigenvalue weighted by atomic mass is 10.2. The van der Waals surface area contributed by atoms with Gasteiger partial charge >= 0.3 is 6.18 Å². The van der Waals surface area contributed by atoms with E-state index < -0.39 is 11.7 Å². The van der Waals surface area contributed by atoms with Crippen LogP contribution in [0, 0.1) is 6.92 Å². The molecule has 0 aliphatic heterocycles. The first-order valence-electron chi connectivity index (χ1n) is 5.84. The van der Waals surface area contributed by atoms with Crippen LogP contribution in [0.3, 0.4) is 0 Å². The summed E-state index contributed by atoms with van der Waals surface area (Å²) >= 11 is 0. The first-order valence-corrected chi connectivity index (χ1v) is 5.84. The van der Waals surface area contributed by atoms with Gasteiger partial charge in [-0.1, -0.05) is 18.7 Å². The minimum Gasteiger partial charge on any atom is -0.455 e. The van der Waals surface area contributed by atoms with Crippen molar-refractivity contribution < 1.29 is 17.9 Å². The highest BCUT2D eigenvalue weighted by molar-refractivity contribution is 5.50. The first-order chi connectivity index (χ1) is 9.40. The Hall–Kier alpha value is -2.30. The Kier molecular flexibility index (Phi) is 3.79. The molecule has 0 radical (unpaired) electrons. The third-order valence-electron chi connectivity index (χ3n) is 2.69. The van der Waals surface area contributed by atoms with E-state index >= 15 is 0 Å². The van der Waals surface area contributed by atoms with Crippen molar-refractivity contribution in [3.05, 3.63) is 59.9 Å². The maximum atomic E-state index is 12.6. The van der Waals surface area contributed by atoms with E-state index in [2.05, 4.69) is 11.6 Å². The largest absolute Gasteiger partial charge is 0.455 e. The van der Waals surface area contributed by atoms with Crippen LogP contribution in [-0.2, 0) is 6.18 Å². The quantitative estimate of drug-likeness (QED) is 0.801. The molecule has 2 rings (SSSR count). The van der Waals surface area contributed by atoms with Gasteiger partial charge in [0.1, 0.15) is 11.5 Å². The molecule has 0 aliphatic carbocycles. The van der Waals surface area contributed by atoms with E-state index in [1.54, 1.807) is 25.3 Å². The van der Waals surface area contributed by atoms with Gasteiger partial charge in [0, 0.05) is 6.20 Å². The maximum Gasteiger partial charge on any atom is 0.416 e. The van der Waals surface area contributed by atoms with Crippen molar-refractivity contribution in [2.75, 3.05) is 0 Å². The number of aromatic nitrogens is 1. The fourth-order valence-electron chi connectivity index (χ4n) is 1.61. The van der Waals surface area contributed by atoms with Crippen molar-refractivity contribution in [2.45, 2.75) is 13.1 Å². The molecule has 0 saturated heterocycles. The first kappa shape index (κ1) is 14.1. The average Bonchev–Trinajstić information content (AvgIpc) is 2.41. The van der Waals surface area contributed by atoms with Gasteiger partial charge in [0.05, 0.1) is 11.3 Å². The number of halogens is 3. The molecule has 0 spiro atoms. The number of alkyl halides is 3. The molecule has 0 bridgehead atoms. The summed E-state index contributed by atoms with van der Waals surface area (Å²) < 4.78 is 43.3. The van der Waals surface area contributed by atoms with Crippen molar-refractivity contribution in [3.8, 4) is 11.5 Å². The number of pyridine rings is 1. The lowest BCUT2D eigenvalue weighted by Crippen LogP contribution is -2.04. The standard InChI is InChI=1S/C15H12F3NO/c1-3-11-7-14(10(2)19-9-11)20-13-6-4-5-12(8-13)15(16,17)18/h3-9H,1H2,2H3. The van der Waals surface area contributed by atoms with Crippen LogP contribution < -0.4 is 4.74 Å². The van der Waals surface area contributed by atoms with Gasteiger partial charge in [0.2, 0.25) is 0 Å². The van der Waals surface area contributed by atoms with Gasteiger partial charge in [-0.2, -0.15) is 13.2 Å². The second-order valence-electron chi connectivity index (χ2n) is 4.18. The van der Waals surface area contributed by atoms with E-state index in [1.807, 2.05) is 0 Å². The van der Waals surface area contributed by atoms with Crippen LogP contribution >= 0.6 is 0 Å². The topological polar surface area (TPSA) is 22.1 Å². The number of rotatable bonds is 3. The predicted molar refractivity (Wildman–Crippen MR) is 70.6 cm³/mol. The lowest BCUT2D eigenvalue weighted by Gasteiger charge is -2.11. The van der Waals surface area contributed by atoms with Crippen molar-refractivity contribution in [1.29, 1.82) is 0 Å². The summed E-state index contributed by atoms with van der Waals surface area (Å²) in [5.74, 6) is 0.521. The zero-order chi connectivity index (χ0) is 14.8. The molecule has 0 N–H and O–H groups in total. The Morgan fingerprint density at radius 3 is 2.65 bits per heavy atom. The Morgan fingerprint density at radius 1 is 1.25 bits per heavy atom. The highest BCUT2D eigenvalue weighted by Crippen LogP contribution is 2.33. The second-order valence-corrected chi connectivity index (χ2v) is 4.18. The molecule has 0 atom stereocenters. The molecular weight excluding hydrogens is 267 g/mol. The molecule has 0 amide bonds. The molecule has 0 saturated carbocycles. The zero-order valence-electron chi connectivity index (χ0n) is 10.7. The van der Waals surface area contributed by atoms with Crippen LogP contribution in [0.5, 0.6) is 11.5 Å². The van der Waals surface area contributed by atoms with Crippen molar-refractivity contribution >= 4 is 6.08 Å². The van der Waals surface area contributed by atoms with E-state index in [1.165, 1.54) is 12.1 Å². The van der Waals surface area contributed by atoms with Crippen LogP contribution in [0.15, 0.2) is 43.1 Å². The van der Waals surface area contributed by atoms with Crippen molar-refractivity contribution in [1.82, 2.24) is 4.98 Å². The fraction of sp³-hybridized carbons (Fsp3) is 0.133. The van der Waals surface area contributed by atoms with E-state index in [9.17, 15) is 13.2 Å². The molecule has 20 heavy (non-hydrogen) atoms. The van der Waals surface area contributed by atoms with Gasteiger partial charge in [0.15, 0.2) is 0 Å². The summed E-state index contributed by atoms with van der Waals surface area (Å²) in [5.41, 5.74) is 0.575. The lowest BCUT2D eigenvalue weighted by molar-refractivity contribution is -0.137. The zero-order valence-corrected chi connectivity index (χ0v) is 10.7. The highest BCUT2D eigenvalue weighted by Gasteiger charge is 2.30. The molecule has 1 aromatic heterocycles. The minimum atomic E-state index is -4.39. The van der Waals surface area contributed by atoms with E-state index in [-0.39, 0.29) is 5.75 Å². The van der Waals surface area contributed by atoms with Gasteiger partial charge in [-0.15, -0.1) is 0 Å². The smallest absolute Gasteiger partial charge is 0.416 e. The molecular formula is C15H12F3NO. The Bertz CT molecular complexity index is 635. The molecule has 0 aliphatic rings. The number of nitrogens with zero attached hydrogens (tertiary/aromatic N) is 1.